The van der Waals surface area contributed by atoms with Gasteiger partial charge in [-0.15, -0.1) is 0 Å². The molecule has 1 N–H and O–H groups in total. The molecule has 4 heteroatoms. The van der Waals surface area contributed by atoms with Crippen molar-refractivity contribution < 1.29 is 9.53 Å². The highest BCUT2D eigenvalue weighted by atomic mass is 16.6. The molecule has 4 aliphatic rings. The second-order valence-electron chi connectivity index (χ2n) is 10.6. The normalized spacial score (nSPS) is 28.1. The largest absolute Gasteiger partial charge is 0.445 e. The number of ether oxygens (including phenoxy) is 1. The summed E-state index contributed by atoms with van der Waals surface area (Å²) in [6, 6.07) is 15.5. The first-order valence-corrected chi connectivity index (χ1v) is 12.3. The Morgan fingerprint density at radius 3 is 2.62 bits per heavy atom. The lowest BCUT2D eigenvalue weighted by Crippen LogP contribution is -2.53. The van der Waals surface area contributed by atoms with E-state index in [-0.39, 0.29) is 23.7 Å². The molecule has 1 amide bonds. The van der Waals surface area contributed by atoms with Gasteiger partial charge in [0.15, 0.2) is 0 Å². The first-order valence-electron chi connectivity index (χ1n) is 12.3. The van der Waals surface area contributed by atoms with Crippen LogP contribution in [0.25, 0.3) is 11.1 Å². The zero-order chi connectivity index (χ0) is 22.3. The van der Waals surface area contributed by atoms with Crippen LogP contribution in [0.5, 0.6) is 0 Å². The summed E-state index contributed by atoms with van der Waals surface area (Å²) in [4.78, 5) is 15.4. The highest BCUT2D eigenvalue weighted by Crippen LogP contribution is 2.44. The van der Waals surface area contributed by atoms with Gasteiger partial charge in [-0.3, -0.25) is 4.90 Å². The minimum absolute atomic E-state index is 0.00919. The molecule has 0 aromatic heterocycles. The molecule has 170 valence electrons. The van der Waals surface area contributed by atoms with Gasteiger partial charge >= 0.3 is 6.09 Å². The Bertz CT molecular complexity index is 991. The smallest absolute Gasteiger partial charge is 0.407 e. The number of hydrogen-bond acceptors (Lipinski definition) is 3. The number of alkyl carbamates (subject to hydrolysis) is 1. The number of fused-ring (bicyclic) bond motifs is 4. The Morgan fingerprint density at radius 1 is 1.12 bits per heavy atom. The average Bonchev–Trinajstić information content (AvgIpc) is 2.81. The second-order valence-corrected chi connectivity index (χ2v) is 10.6. The van der Waals surface area contributed by atoms with Gasteiger partial charge in [-0.2, -0.15) is 0 Å². The van der Waals surface area contributed by atoms with Gasteiger partial charge in [0.05, 0.1) is 6.04 Å². The maximum atomic E-state index is 13.0. The Labute approximate surface area is 192 Å². The maximum Gasteiger partial charge on any atom is 0.407 e. The molecule has 2 atom stereocenters. The first-order chi connectivity index (χ1) is 15.4. The summed E-state index contributed by atoms with van der Waals surface area (Å²) in [5, 5.41) is 3.27. The lowest BCUT2D eigenvalue weighted by atomic mass is 9.70. The number of piperidine rings is 3. The van der Waals surface area contributed by atoms with E-state index in [1.54, 1.807) is 0 Å². The van der Waals surface area contributed by atoms with E-state index >= 15 is 0 Å². The van der Waals surface area contributed by atoms with Crippen LogP contribution in [-0.4, -0.2) is 36.7 Å². The van der Waals surface area contributed by atoms with Crippen molar-refractivity contribution in [3.8, 4) is 11.1 Å². The molecule has 1 aliphatic carbocycles. The van der Waals surface area contributed by atoms with Crippen molar-refractivity contribution in [1.82, 2.24) is 10.2 Å². The quantitative estimate of drug-likeness (QED) is 0.669. The van der Waals surface area contributed by atoms with E-state index in [1.807, 2.05) is 0 Å². The van der Waals surface area contributed by atoms with Gasteiger partial charge in [-0.1, -0.05) is 63.2 Å². The maximum absolute atomic E-state index is 13.0. The van der Waals surface area contributed by atoms with Gasteiger partial charge in [0, 0.05) is 6.54 Å². The van der Waals surface area contributed by atoms with Crippen LogP contribution in [-0.2, 0) is 17.6 Å². The third-order valence-electron chi connectivity index (χ3n) is 8.06. The minimum Gasteiger partial charge on any atom is -0.445 e. The molecule has 2 aromatic carbocycles. The Hall–Kier alpha value is -2.33. The molecular formula is C28H36N2O2. The van der Waals surface area contributed by atoms with E-state index in [4.69, 9.17) is 4.74 Å². The fourth-order valence-electron chi connectivity index (χ4n) is 5.88. The van der Waals surface area contributed by atoms with Crippen molar-refractivity contribution in [2.45, 2.75) is 65.0 Å². The van der Waals surface area contributed by atoms with Crippen LogP contribution < -0.4 is 5.32 Å². The number of aryl methyl sites for hydroxylation is 2. The predicted molar refractivity (Wildman–Crippen MR) is 129 cm³/mol. The molecule has 32 heavy (non-hydrogen) atoms. The molecule has 2 bridgehead atoms. The van der Waals surface area contributed by atoms with Gasteiger partial charge in [-0.25, -0.2) is 4.79 Å². The number of hydrogen-bond donors (Lipinski definition) is 1. The number of nitrogens with one attached hydrogen (secondary N) is 1. The molecule has 2 aromatic rings. The van der Waals surface area contributed by atoms with Crippen molar-refractivity contribution >= 4 is 6.09 Å². The first kappa shape index (κ1) is 21.5. The second kappa shape index (κ2) is 8.55. The lowest BCUT2D eigenvalue weighted by Gasteiger charge is -2.44. The fourth-order valence-corrected chi connectivity index (χ4v) is 5.88. The zero-order valence-corrected chi connectivity index (χ0v) is 19.7. The highest BCUT2D eigenvalue weighted by Gasteiger charge is 2.40. The molecule has 0 radical (unpaired) electrons. The Balaban J connectivity index is 1.35. The molecule has 0 spiro atoms. The van der Waals surface area contributed by atoms with Gasteiger partial charge in [-0.05, 0) is 84.3 Å². The SMILES string of the molecule is CCc1cccc(-c2ccc3c(c2)CCC(C)(C)C3NC(=O)O[C@@H]2CN3CCC2CC3)c1. The number of rotatable bonds is 4. The van der Waals surface area contributed by atoms with Crippen LogP contribution in [0.2, 0.25) is 0 Å². The van der Waals surface area contributed by atoms with Crippen LogP contribution in [0.4, 0.5) is 4.79 Å². The van der Waals surface area contributed by atoms with Gasteiger partial charge in [0.2, 0.25) is 0 Å². The zero-order valence-electron chi connectivity index (χ0n) is 19.7. The Morgan fingerprint density at radius 2 is 1.91 bits per heavy atom. The summed E-state index contributed by atoms with van der Waals surface area (Å²) in [6.45, 7) is 9.90. The topological polar surface area (TPSA) is 41.6 Å². The number of carbonyl (C=O) groups is 1. The third kappa shape index (κ3) is 4.17. The summed E-state index contributed by atoms with van der Waals surface area (Å²) >= 11 is 0. The Kier molecular flexibility index (Phi) is 5.75. The monoisotopic (exact) mass is 432 g/mol. The fraction of sp³-hybridized carbons (Fsp3) is 0.536. The summed E-state index contributed by atoms with van der Waals surface area (Å²) in [6.07, 6.45) is 5.21. The van der Waals surface area contributed by atoms with E-state index in [0.717, 1.165) is 51.7 Å². The number of nitrogens with zero attached hydrogens (tertiary/aromatic N) is 1. The van der Waals surface area contributed by atoms with Gasteiger partial charge < -0.3 is 10.1 Å². The molecule has 1 unspecified atom stereocenters. The van der Waals surface area contributed by atoms with Crippen LogP contribution in [0.3, 0.4) is 0 Å². The van der Waals surface area contributed by atoms with Crippen molar-refractivity contribution in [3.63, 3.8) is 0 Å². The average molecular weight is 433 g/mol. The summed E-state index contributed by atoms with van der Waals surface area (Å²) < 4.78 is 5.96. The summed E-state index contributed by atoms with van der Waals surface area (Å²) in [5.41, 5.74) is 6.46. The standard InChI is InChI=1S/C28H36N2O2/c1-4-19-6-5-7-21(16-19)22-8-9-24-23(17-22)10-13-28(2,3)26(24)29-27(31)32-25-18-30-14-11-20(25)12-15-30/h5-9,16-17,20,25-26H,4,10-15,18H2,1-3H3,(H,29,31)/t25-,26?/m1/s1. The molecular weight excluding hydrogens is 396 g/mol. The van der Waals surface area contributed by atoms with Crippen LogP contribution in [0.1, 0.15) is 62.8 Å². The number of amides is 1. The van der Waals surface area contributed by atoms with Gasteiger partial charge in [0.25, 0.3) is 0 Å². The van der Waals surface area contributed by atoms with E-state index in [9.17, 15) is 4.79 Å². The van der Waals surface area contributed by atoms with Crippen LogP contribution in [0, 0.1) is 11.3 Å². The van der Waals surface area contributed by atoms with Gasteiger partial charge in [0.1, 0.15) is 6.10 Å². The van der Waals surface area contributed by atoms with Crippen molar-refractivity contribution in [2.24, 2.45) is 11.3 Å². The van der Waals surface area contributed by atoms with E-state index in [1.165, 1.54) is 27.8 Å². The van der Waals surface area contributed by atoms with Crippen molar-refractivity contribution in [2.75, 3.05) is 19.6 Å². The van der Waals surface area contributed by atoms with E-state index in [2.05, 4.69) is 73.5 Å². The molecule has 3 aliphatic heterocycles. The molecule has 3 heterocycles. The molecule has 3 saturated heterocycles. The highest BCUT2D eigenvalue weighted by molar-refractivity contribution is 5.70. The molecule has 6 rings (SSSR count). The number of benzene rings is 2. The van der Waals surface area contributed by atoms with E-state index < -0.39 is 0 Å². The van der Waals surface area contributed by atoms with Crippen LogP contribution >= 0.6 is 0 Å². The minimum atomic E-state index is -0.255. The summed E-state index contributed by atoms with van der Waals surface area (Å²) in [7, 11) is 0. The van der Waals surface area contributed by atoms with Crippen molar-refractivity contribution in [1.29, 1.82) is 0 Å². The summed E-state index contributed by atoms with van der Waals surface area (Å²) in [5.74, 6) is 0.527. The third-order valence-corrected chi connectivity index (χ3v) is 8.06. The lowest BCUT2D eigenvalue weighted by molar-refractivity contribution is -0.0353. The molecule has 4 nitrogen and oxygen atoms in total. The van der Waals surface area contributed by atoms with E-state index in [0.29, 0.717) is 5.92 Å². The predicted octanol–water partition coefficient (Wildman–Crippen LogP) is 5.75. The van der Waals surface area contributed by atoms with Crippen molar-refractivity contribution in [3.05, 3.63) is 59.2 Å². The molecule has 3 fully saturated rings. The molecule has 0 saturated carbocycles. The van der Waals surface area contributed by atoms with Crippen LogP contribution in [0.15, 0.2) is 42.5 Å². The number of carbonyl (C=O) groups excluding carboxylic acids is 1.